The van der Waals surface area contributed by atoms with Crippen LogP contribution < -0.4 is 5.32 Å². The Balaban J connectivity index is 0.00000242. The maximum Gasteiger partial charge on any atom is 0.416 e. The SMILES string of the molecule is CN(C(=O)c1cccc(C(F)(F)F)c1)C1CCCNCC1.Cl. The Morgan fingerprint density at radius 1 is 1.27 bits per heavy atom. The summed E-state index contributed by atoms with van der Waals surface area (Å²) in [7, 11) is 1.67. The Bertz CT molecular complexity index is 500. The maximum atomic E-state index is 12.7. The molecule has 0 radical (unpaired) electrons. The van der Waals surface area contributed by atoms with Crippen LogP contribution >= 0.6 is 12.4 Å². The van der Waals surface area contributed by atoms with E-state index < -0.39 is 11.7 Å². The van der Waals surface area contributed by atoms with Crippen LogP contribution in [0.3, 0.4) is 0 Å². The summed E-state index contributed by atoms with van der Waals surface area (Å²) in [6, 6.07) is 4.68. The molecule has 0 bridgehead atoms. The van der Waals surface area contributed by atoms with Gasteiger partial charge in [-0.3, -0.25) is 4.79 Å². The lowest BCUT2D eigenvalue weighted by atomic mass is 10.1. The van der Waals surface area contributed by atoms with Gasteiger partial charge in [-0.25, -0.2) is 0 Å². The van der Waals surface area contributed by atoms with Crippen molar-refractivity contribution >= 4 is 18.3 Å². The molecular weight excluding hydrogens is 317 g/mol. The molecule has 1 atom stereocenters. The van der Waals surface area contributed by atoms with Gasteiger partial charge in [0.15, 0.2) is 0 Å². The lowest BCUT2D eigenvalue weighted by molar-refractivity contribution is -0.137. The molecule has 1 aliphatic heterocycles. The molecule has 0 aliphatic carbocycles. The molecule has 1 amide bonds. The number of carbonyl (C=O) groups excluding carboxylic acids is 1. The average Bonchev–Trinajstić information content (AvgIpc) is 2.74. The summed E-state index contributed by atoms with van der Waals surface area (Å²) < 4.78 is 38.1. The molecule has 1 unspecified atom stereocenters. The number of rotatable bonds is 2. The minimum atomic E-state index is -4.43. The fourth-order valence-corrected chi connectivity index (χ4v) is 2.59. The number of carbonyl (C=O) groups is 1. The number of alkyl halides is 3. The van der Waals surface area contributed by atoms with Crippen LogP contribution in [0.25, 0.3) is 0 Å². The topological polar surface area (TPSA) is 32.3 Å². The second-order valence-corrected chi connectivity index (χ2v) is 5.33. The number of amides is 1. The molecule has 0 aromatic heterocycles. The zero-order chi connectivity index (χ0) is 15.5. The molecule has 2 rings (SSSR count). The maximum absolute atomic E-state index is 12.7. The van der Waals surface area contributed by atoms with E-state index in [4.69, 9.17) is 0 Å². The van der Waals surface area contributed by atoms with Crippen LogP contribution in [0, 0.1) is 0 Å². The summed E-state index contributed by atoms with van der Waals surface area (Å²) >= 11 is 0. The molecule has 1 aliphatic rings. The molecule has 1 fully saturated rings. The van der Waals surface area contributed by atoms with Crippen molar-refractivity contribution < 1.29 is 18.0 Å². The molecule has 124 valence electrons. The molecule has 1 aromatic carbocycles. The van der Waals surface area contributed by atoms with Crippen molar-refractivity contribution in [1.82, 2.24) is 10.2 Å². The molecule has 3 nitrogen and oxygen atoms in total. The van der Waals surface area contributed by atoms with Crippen LogP contribution in [0.4, 0.5) is 13.2 Å². The van der Waals surface area contributed by atoms with Crippen molar-refractivity contribution in [2.75, 3.05) is 20.1 Å². The fraction of sp³-hybridized carbons (Fsp3) is 0.533. The Morgan fingerprint density at radius 2 is 2.00 bits per heavy atom. The van der Waals surface area contributed by atoms with Crippen molar-refractivity contribution in [3.05, 3.63) is 35.4 Å². The van der Waals surface area contributed by atoms with E-state index in [9.17, 15) is 18.0 Å². The molecule has 7 heteroatoms. The minimum Gasteiger partial charge on any atom is -0.339 e. The molecular formula is C15H20ClF3N2O. The third-order valence-electron chi connectivity index (χ3n) is 3.85. The normalized spacial score (nSPS) is 19.0. The van der Waals surface area contributed by atoms with Crippen molar-refractivity contribution in [3.8, 4) is 0 Å². The van der Waals surface area contributed by atoms with Gasteiger partial charge in [-0.1, -0.05) is 6.07 Å². The number of hydrogen-bond donors (Lipinski definition) is 1. The van der Waals surface area contributed by atoms with Crippen LogP contribution in [0.5, 0.6) is 0 Å². The summed E-state index contributed by atoms with van der Waals surface area (Å²) in [6.07, 6.45) is -1.78. The Hall–Kier alpha value is -1.27. The first-order valence-corrected chi connectivity index (χ1v) is 7.05. The number of benzene rings is 1. The van der Waals surface area contributed by atoms with E-state index in [1.54, 1.807) is 11.9 Å². The van der Waals surface area contributed by atoms with Gasteiger partial charge in [-0.15, -0.1) is 12.4 Å². The van der Waals surface area contributed by atoms with E-state index in [2.05, 4.69) is 5.32 Å². The van der Waals surface area contributed by atoms with Gasteiger partial charge >= 0.3 is 6.18 Å². The monoisotopic (exact) mass is 336 g/mol. The van der Waals surface area contributed by atoms with E-state index in [0.29, 0.717) is 0 Å². The van der Waals surface area contributed by atoms with Gasteiger partial charge in [-0.05, 0) is 50.6 Å². The van der Waals surface area contributed by atoms with Gasteiger partial charge < -0.3 is 10.2 Å². The highest BCUT2D eigenvalue weighted by Gasteiger charge is 2.31. The number of hydrogen-bond acceptors (Lipinski definition) is 2. The van der Waals surface area contributed by atoms with Crippen molar-refractivity contribution in [1.29, 1.82) is 0 Å². The first kappa shape index (κ1) is 18.8. The van der Waals surface area contributed by atoms with Crippen LogP contribution in [-0.2, 0) is 6.18 Å². The first-order chi connectivity index (χ1) is 9.89. The van der Waals surface area contributed by atoms with Crippen LogP contribution in [0.15, 0.2) is 24.3 Å². The van der Waals surface area contributed by atoms with E-state index >= 15 is 0 Å². The van der Waals surface area contributed by atoms with Gasteiger partial charge in [0.05, 0.1) is 5.56 Å². The molecule has 22 heavy (non-hydrogen) atoms. The number of nitrogens with one attached hydrogen (secondary N) is 1. The van der Waals surface area contributed by atoms with Gasteiger partial charge in [0.1, 0.15) is 0 Å². The van der Waals surface area contributed by atoms with Crippen LogP contribution in [-0.4, -0.2) is 37.0 Å². The second-order valence-electron chi connectivity index (χ2n) is 5.33. The van der Waals surface area contributed by atoms with Gasteiger partial charge in [0.2, 0.25) is 0 Å². The van der Waals surface area contributed by atoms with Crippen molar-refractivity contribution in [3.63, 3.8) is 0 Å². The summed E-state index contributed by atoms with van der Waals surface area (Å²) in [4.78, 5) is 13.9. The highest BCUT2D eigenvalue weighted by Crippen LogP contribution is 2.30. The summed E-state index contributed by atoms with van der Waals surface area (Å²) in [6.45, 7) is 1.74. The minimum absolute atomic E-state index is 0. The molecule has 0 spiro atoms. The van der Waals surface area contributed by atoms with Crippen LogP contribution in [0.1, 0.15) is 35.2 Å². The Labute approximate surface area is 134 Å². The van der Waals surface area contributed by atoms with Gasteiger partial charge in [-0.2, -0.15) is 13.2 Å². The third kappa shape index (κ3) is 4.61. The third-order valence-corrected chi connectivity index (χ3v) is 3.85. The van der Waals surface area contributed by atoms with E-state index in [1.165, 1.54) is 12.1 Å². The van der Waals surface area contributed by atoms with Gasteiger partial charge in [0.25, 0.3) is 5.91 Å². The molecule has 1 heterocycles. The molecule has 0 saturated carbocycles. The van der Waals surface area contributed by atoms with E-state index in [-0.39, 0.29) is 29.9 Å². The predicted octanol–water partition coefficient (Wildman–Crippen LogP) is 3.34. The van der Waals surface area contributed by atoms with Gasteiger partial charge in [0, 0.05) is 18.7 Å². The second kappa shape index (κ2) is 7.83. The zero-order valence-corrected chi connectivity index (χ0v) is 13.1. The van der Waals surface area contributed by atoms with E-state index in [1.807, 2.05) is 0 Å². The largest absolute Gasteiger partial charge is 0.416 e. The molecule has 1 saturated heterocycles. The van der Waals surface area contributed by atoms with Crippen molar-refractivity contribution in [2.45, 2.75) is 31.5 Å². The van der Waals surface area contributed by atoms with Crippen LogP contribution in [0.2, 0.25) is 0 Å². The standard InChI is InChI=1S/C15H19F3N2O.ClH/c1-20(13-6-3-8-19-9-7-13)14(21)11-4-2-5-12(10-11)15(16,17)18;/h2,4-5,10,13,19H,3,6-9H2,1H3;1H. The van der Waals surface area contributed by atoms with E-state index in [0.717, 1.165) is 44.5 Å². The highest BCUT2D eigenvalue weighted by atomic mass is 35.5. The summed E-state index contributed by atoms with van der Waals surface area (Å²) in [5, 5.41) is 3.25. The summed E-state index contributed by atoms with van der Waals surface area (Å²) in [5.74, 6) is -0.354. The fourth-order valence-electron chi connectivity index (χ4n) is 2.59. The number of halogens is 4. The summed E-state index contributed by atoms with van der Waals surface area (Å²) in [5.41, 5.74) is -0.700. The molecule has 1 aromatic rings. The predicted molar refractivity (Wildman–Crippen MR) is 81.3 cm³/mol. The zero-order valence-electron chi connectivity index (χ0n) is 12.3. The average molecular weight is 337 g/mol. The highest BCUT2D eigenvalue weighted by molar-refractivity contribution is 5.94. The smallest absolute Gasteiger partial charge is 0.339 e. The first-order valence-electron chi connectivity index (χ1n) is 7.05. The molecule has 1 N–H and O–H groups in total. The lowest BCUT2D eigenvalue weighted by Gasteiger charge is -2.27. The Kier molecular flexibility index (Phi) is 6.68. The number of nitrogens with zero attached hydrogens (tertiary/aromatic N) is 1. The van der Waals surface area contributed by atoms with Crippen molar-refractivity contribution in [2.24, 2.45) is 0 Å². The lowest BCUT2D eigenvalue weighted by Crippen LogP contribution is -2.37. The Morgan fingerprint density at radius 3 is 2.68 bits per heavy atom. The quantitative estimate of drug-likeness (QED) is 0.898.